The van der Waals surface area contributed by atoms with Gasteiger partial charge in [0.25, 0.3) is 5.91 Å². The van der Waals surface area contributed by atoms with E-state index in [0.717, 1.165) is 16.7 Å². The number of benzene rings is 1. The molecule has 4 rings (SSSR count). The van der Waals surface area contributed by atoms with E-state index in [1.807, 2.05) is 18.2 Å². The Morgan fingerprint density at radius 2 is 1.62 bits per heavy atom. The third kappa shape index (κ3) is 6.10. The maximum absolute atomic E-state index is 13.3. The Morgan fingerprint density at radius 3 is 2.23 bits per heavy atom. The highest BCUT2D eigenvalue weighted by Gasteiger charge is 2.36. The molecule has 1 aromatic carbocycles. The molecule has 0 spiro atoms. The summed E-state index contributed by atoms with van der Waals surface area (Å²) in [5.41, 5.74) is 1.52. The van der Waals surface area contributed by atoms with Gasteiger partial charge in [0.1, 0.15) is 28.9 Å². The first kappa shape index (κ1) is 27.8. The number of esters is 1. The van der Waals surface area contributed by atoms with Crippen LogP contribution in [0, 0.1) is 0 Å². The maximum atomic E-state index is 13.3. The van der Waals surface area contributed by atoms with Crippen molar-refractivity contribution in [2.45, 2.75) is 72.3 Å². The molecule has 2 amide bonds. The molecule has 0 N–H and O–H groups in total. The highest BCUT2D eigenvalue weighted by atomic mass is 16.6. The number of aryl methyl sites for hydroxylation is 1. The second kappa shape index (κ2) is 10.2. The second-order valence-corrected chi connectivity index (χ2v) is 11.5. The first-order chi connectivity index (χ1) is 18.1. The molecule has 3 aromatic rings. The topological polar surface area (TPSA) is 107 Å². The van der Waals surface area contributed by atoms with E-state index in [9.17, 15) is 14.4 Å². The van der Waals surface area contributed by atoms with Crippen molar-refractivity contribution in [1.29, 1.82) is 0 Å². The number of amides is 2. The highest BCUT2D eigenvalue weighted by Crippen LogP contribution is 2.33. The van der Waals surface area contributed by atoms with Gasteiger partial charge in [-0.05, 0) is 83.4 Å². The number of carbonyl (C=O) groups excluding carboxylic acids is 3. The van der Waals surface area contributed by atoms with E-state index < -0.39 is 29.3 Å². The Hall–Kier alpha value is -4.21. The summed E-state index contributed by atoms with van der Waals surface area (Å²) in [6, 6.07) is 10.2. The molecule has 0 aliphatic carbocycles. The average Bonchev–Trinajstić information content (AvgIpc) is 3.39. The average molecular weight is 534 g/mol. The lowest BCUT2D eigenvalue weighted by Gasteiger charge is -2.27. The van der Waals surface area contributed by atoms with Crippen LogP contribution in [-0.2, 0) is 27.9 Å². The number of aromatic nitrogens is 3. The monoisotopic (exact) mass is 533 g/mol. The lowest BCUT2D eigenvalue weighted by atomic mass is 10.0. The van der Waals surface area contributed by atoms with Gasteiger partial charge in [-0.2, -0.15) is 5.10 Å². The van der Waals surface area contributed by atoms with E-state index in [-0.39, 0.29) is 5.91 Å². The zero-order valence-corrected chi connectivity index (χ0v) is 23.7. The Morgan fingerprint density at radius 1 is 0.949 bits per heavy atom. The van der Waals surface area contributed by atoms with Crippen LogP contribution < -0.4 is 4.90 Å². The van der Waals surface area contributed by atoms with Gasteiger partial charge in [-0.15, -0.1) is 0 Å². The van der Waals surface area contributed by atoms with E-state index in [1.54, 1.807) is 90.8 Å². The molecule has 0 saturated carbocycles. The van der Waals surface area contributed by atoms with Crippen molar-refractivity contribution in [2.24, 2.45) is 7.05 Å². The molecule has 10 heteroatoms. The molecule has 0 saturated heterocycles. The molecular weight excluding hydrogens is 498 g/mol. The van der Waals surface area contributed by atoms with Gasteiger partial charge in [0.2, 0.25) is 0 Å². The lowest BCUT2D eigenvalue weighted by Crippen LogP contribution is -2.42. The summed E-state index contributed by atoms with van der Waals surface area (Å²) in [7, 11) is 1.73. The summed E-state index contributed by atoms with van der Waals surface area (Å²) < 4.78 is 12.7. The predicted molar refractivity (Wildman–Crippen MR) is 146 cm³/mol. The fourth-order valence-corrected chi connectivity index (χ4v) is 4.25. The van der Waals surface area contributed by atoms with Gasteiger partial charge >= 0.3 is 12.1 Å². The van der Waals surface area contributed by atoms with Gasteiger partial charge in [-0.1, -0.05) is 12.1 Å². The van der Waals surface area contributed by atoms with Crippen molar-refractivity contribution >= 4 is 29.6 Å². The molecular formula is C29H35N5O5. The largest absolute Gasteiger partial charge is 0.458 e. The van der Waals surface area contributed by atoms with E-state index in [0.29, 0.717) is 23.7 Å². The van der Waals surface area contributed by atoms with Gasteiger partial charge in [-0.3, -0.25) is 9.48 Å². The SMILES string of the molecule is C[C@H](C(=O)OC(C)(C)C)N1Cc2ccc(-c3ccnc(N(C(=O)OC(C)(C)C)c4ccnn4C)c3)cc2C1=O. The summed E-state index contributed by atoms with van der Waals surface area (Å²) in [5, 5.41) is 4.19. The van der Waals surface area contributed by atoms with Gasteiger partial charge in [0.15, 0.2) is 0 Å². The molecule has 206 valence electrons. The Kier molecular flexibility index (Phi) is 7.25. The molecule has 10 nitrogen and oxygen atoms in total. The van der Waals surface area contributed by atoms with Crippen LogP contribution in [0.25, 0.3) is 11.1 Å². The third-order valence-electron chi connectivity index (χ3n) is 6.07. The number of carbonyl (C=O) groups is 3. The molecule has 0 unspecified atom stereocenters. The van der Waals surface area contributed by atoms with Crippen molar-refractivity contribution in [1.82, 2.24) is 19.7 Å². The third-order valence-corrected chi connectivity index (χ3v) is 6.07. The summed E-state index contributed by atoms with van der Waals surface area (Å²) in [4.78, 5) is 46.5. The molecule has 3 heterocycles. The number of anilines is 2. The van der Waals surface area contributed by atoms with Crippen molar-refractivity contribution < 1.29 is 23.9 Å². The van der Waals surface area contributed by atoms with Gasteiger partial charge in [-0.25, -0.2) is 19.5 Å². The Labute approximate surface area is 228 Å². The molecule has 1 atom stereocenters. The minimum atomic E-state index is -0.721. The van der Waals surface area contributed by atoms with Gasteiger partial charge in [0, 0.05) is 31.4 Å². The van der Waals surface area contributed by atoms with Crippen LogP contribution in [0.15, 0.2) is 48.8 Å². The molecule has 2 aromatic heterocycles. The zero-order valence-electron chi connectivity index (χ0n) is 23.7. The number of hydrogen-bond donors (Lipinski definition) is 0. The first-order valence-corrected chi connectivity index (χ1v) is 12.8. The second-order valence-electron chi connectivity index (χ2n) is 11.5. The molecule has 1 aliphatic rings. The van der Waals surface area contributed by atoms with E-state index in [2.05, 4.69) is 10.1 Å². The Balaban J connectivity index is 1.65. The highest BCUT2D eigenvalue weighted by molar-refractivity contribution is 6.01. The number of pyridine rings is 1. The van der Waals surface area contributed by atoms with Crippen LogP contribution in [0.2, 0.25) is 0 Å². The normalized spacial score (nSPS) is 14.2. The van der Waals surface area contributed by atoms with Gasteiger partial charge < -0.3 is 14.4 Å². The number of ether oxygens (including phenoxy) is 2. The zero-order chi connectivity index (χ0) is 28.7. The quantitative estimate of drug-likeness (QED) is 0.413. The number of hydrogen-bond acceptors (Lipinski definition) is 7. The summed E-state index contributed by atoms with van der Waals surface area (Å²) >= 11 is 0. The smallest absolute Gasteiger partial charge is 0.421 e. The summed E-state index contributed by atoms with van der Waals surface area (Å²) in [6.45, 7) is 12.8. The van der Waals surface area contributed by atoms with Crippen LogP contribution in [0.3, 0.4) is 0 Å². The number of rotatable bonds is 5. The first-order valence-electron chi connectivity index (χ1n) is 12.8. The van der Waals surface area contributed by atoms with Crippen molar-refractivity contribution in [3.8, 4) is 11.1 Å². The lowest BCUT2D eigenvalue weighted by molar-refractivity contribution is -0.159. The summed E-state index contributed by atoms with van der Waals surface area (Å²) in [6.07, 6.45) is 2.60. The molecule has 0 radical (unpaired) electrons. The minimum Gasteiger partial charge on any atom is -0.458 e. The fourth-order valence-electron chi connectivity index (χ4n) is 4.25. The van der Waals surface area contributed by atoms with Crippen LogP contribution in [-0.4, -0.2) is 54.9 Å². The molecule has 39 heavy (non-hydrogen) atoms. The Bertz CT molecular complexity index is 1420. The molecule has 0 fully saturated rings. The van der Waals surface area contributed by atoms with Crippen molar-refractivity contribution in [2.75, 3.05) is 4.90 Å². The van der Waals surface area contributed by atoms with E-state index in [4.69, 9.17) is 9.47 Å². The van der Waals surface area contributed by atoms with Crippen LogP contribution in [0.4, 0.5) is 16.4 Å². The van der Waals surface area contributed by atoms with Crippen LogP contribution in [0.1, 0.15) is 64.4 Å². The standard InChI is InChI=1S/C29H35N5O5/c1-18(26(36)38-28(2,3)4)33-17-21-10-9-19(15-22(21)25(33)35)20-11-13-30-23(16-20)34(24-12-14-31-32(24)8)27(37)39-29(5,6)7/h9-16,18H,17H2,1-8H3/t18-/m1/s1. The predicted octanol–water partition coefficient (Wildman–Crippen LogP) is 5.24. The fraction of sp³-hybridized carbons (Fsp3) is 0.414. The molecule has 1 aliphatic heterocycles. The van der Waals surface area contributed by atoms with E-state index in [1.165, 1.54) is 9.80 Å². The van der Waals surface area contributed by atoms with Crippen molar-refractivity contribution in [3.63, 3.8) is 0 Å². The number of nitrogens with zero attached hydrogens (tertiary/aromatic N) is 5. The van der Waals surface area contributed by atoms with Crippen LogP contribution >= 0.6 is 0 Å². The molecule has 0 bridgehead atoms. The summed E-state index contributed by atoms with van der Waals surface area (Å²) in [5.74, 6) is 0.159. The number of fused-ring (bicyclic) bond motifs is 1. The van der Waals surface area contributed by atoms with Crippen LogP contribution in [0.5, 0.6) is 0 Å². The van der Waals surface area contributed by atoms with Gasteiger partial charge in [0.05, 0.1) is 6.20 Å². The van der Waals surface area contributed by atoms with Crippen molar-refractivity contribution in [3.05, 3.63) is 59.9 Å². The van der Waals surface area contributed by atoms with E-state index >= 15 is 0 Å². The minimum absolute atomic E-state index is 0.232. The maximum Gasteiger partial charge on any atom is 0.421 e.